The lowest BCUT2D eigenvalue weighted by molar-refractivity contribution is -0.129. The topological polar surface area (TPSA) is 129 Å². The Morgan fingerprint density at radius 1 is 1.13 bits per heavy atom. The molecule has 0 fully saturated rings. The van der Waals surface area contributed by atoms with E-state index in [-0.39, 0.29) is 29.5 Å². The third-order valence-corrected chi connectivity index (χ3v) is 5.95. The van der Waals surface area contributed by atoms with Crippen LogP contribution in [0.3, 0.4) is 0 Å². The van der Waals surface area contributed by atoms with E-state index in [1.54, 1.807) is 18.2 Å². The van der Waals surface area contributed by atoms with Crippen LogP contribution in [0.4, 0.5) is 0 Å². The number of fused-ring (bicyclic) bond motifs is 1. The van der Waals surface area contributed by atoms with Crippen molar-refractivity contribution in [1.82, 2.24) is 10.0 Å². The minimum Gasteiger partial charge on any atom is -0.495 e. The second-order valence-electron chi connectivity index (χ2n) is 6.53. The van der Waals surface area contributed by atoms with E-state index < -0.39 is 28.0 Å². The lowest BCUT2D eigenvalue weighted by Crippen LogP contribution is -2.35. The maximum atomic E-state index is 12.4. The maximum absolute atomic E-state index is 12.4. The molecular weight excluding hydrogens is 428 g/mol. The van der Waals surface area contributed by atoms with E-state index in [1.165, 1.54) is 33.2 Å². The smallest absolute Gasteiger partial charge is 0.338 e. The Balaban J connectivity index is 1.63. The van der Waals surface area contributed by atoms with Crippen molar-refractivity contribution in [1.29, 1.82) is 0 Å². The molecule has 2 aromatic rings. The molecule has 31 heavy (non-hydrogen) atoms. The van der Waals surface area contributed by atoms with Gasteiger partial charge >= 0.3 is 5.97 Å². The van der Waals surface area contributed by atoms with E-state index >= 15 is 0 Å². The van der Waals surface area contributed by atoms with Crippen molar-refractivity contribution in [2.24, 2.45) is 0 Å². The molecule has 2 aromatic carbocycles. The Morgan fingerprint density at radius 3 is 2.58 bits per heavy atom. The number of benzene rings is 2. The van der Waals surface area contributed by atoms with E-state index in [1.807, 2.05) is 0 Å². The SMILES string of the molecule is CNS(=O)(=O)c1cc(C(=O)OC(C)C(=O)NCc2ccc3c(c2)OCO3)ccc1OC. The van der Waals surface area contributed by atoms with Gasteiger partial charge < -0.3 is 24.3 Å². The number of carbonyl (C=O) groups is 2. The quantitative estimate of drug-likeness (QED) is 0.574. The molecule has 0 radical (unpaired) electrons. The van der Waals surface area contributed by atoms with Crippen molar-refractivity contribution in [3.63, 3.8) is 0 Å². The molecule has 166 valence electrons. The van der Waals surface area contributed by atoms with Crippen molar-refractivity contribution < 1.29 is 37.0 Å². The van der Waals surface area contributed by atoms with Gasteiger partial charge in [0.25, 0.3) is 5.91 Å². The van der Waals surface area contributed by atoms with E-state index in [9.17, 15) is 18.0 Å². The second-order valence-corrected chi connectivity index (χ2v) is 8.38. The van der Waals surface area contributed by atoms with Crippen LogP contribution in [0.15, 0.2) is 41.3 Å². The Bertz CT molecular complexity index is 1100. The first-order valence-corrected chi connectivity index (χ1v) is 10.7. The number of sulfonamides is 1. The maximum Gasteiger partial charge on any atom is 0.338 e. The van der Waals surface area contributed by atoms with Gasteiger partial charge in [-0.3, -0.25) is 4.79 Å². The molecule has 0 saturated carbocycles. The number of esters is 1. The number of methoxy groups -OCH3 is 1. The molecule has 11 heteroatoms. The van der Waals surface area contributed by atoms with Gasteiger partial charge in [0.15, 0.2) is 17.6 Å². The van der Waals surface area contributed by atoms with E-state index in [0.717, 1.165) is 11.6 Å². The summed E-state index contributed by atoms with van der Waals surface area (Å²) in [6.07, 6.45) is -1.10. The lowest BCUT2D eigenvalue weighted by atomic mass is 10.2. The van der Waals surface area contributed by atoms with Gasteiger partial charge in [-0.15, -0.1) is 0 Å². The largest absolute Gasteiger partial charge is 0.495 e. The number of rotatable bonds is 8. The molecule has 0 spiro atoms. The van der Waals surface area contributed by atoms with Gasteiger partial charge in [-0.25, -0.2) is 17.9 Å². The summed E-state index contributed by atoms with van der Waals surface area (Å²) >= 11 is 0. The molecule has 0 saturated heterocycles. The van der Waals surface area contributed by atoms with Crippen molar-refractivity contribution in [2.75, 3.05) is 21.0 Å². The number of hydrogen-bond donors (Lipinski definition) is 2. The highest BCUT2D eigenvalue weighted by atomic mass is 32.2. The Labute approximate surface area is 179 Å². The zero-order chi connectivity index (χ0) is 22.6. The summed E-state index contributed by atoms with van der Waals surface area (Å²) in [6, 6.07) is 9.10. The minimum absolute atomic E-state index is 0.0370. The van der Waals surface area contributed by atoms with Crippen LogP contribution in [0.1, 0.15) is 22.8 Å². The van der Waals surface area contributed by atoms with Crippen molar-refractivity contribution in [3.05, 3.63) is 47.5 Å². The normalized spacial score (nSPS) is 13.4. The predicted octanol–water partition coefficient (Wildman–Crippen LogP) is 1.19. The van der Waals surface area contributed by atoms with E-state index in [4.69, 9.17) is 18.9 Å². The molecule has 0 bridgehead atoms. The van der Waals surface area contributed by atoms with Gasteiger partial charge in [0.1, 0.15) is 10.6 Å². The van der Waals surface area contributed by atoms with Crippen LogP contribution in [0, 0.1) is 0 Å². The van der Waals surface area contributed by atoms with Crippen LogP contribution in [-0.2, 0) is 26.1 Å². The highest BCUT2D eigenvalue weighted by Gasteiger charge is 2.23. The van der Waals surface area contributed by atoms with Crippen LogP contribution in [0.2, 0.25) is 0 Å². The zero-order valence-electron chi connectivity index (χ0n) is 17.1. The van der Waals surface area contributed by atoms with Crippen molar-refractivity contribution in [2.45, 2.75) is 24.5 Å². The van der Waals surface area contributed by atoms with E-state index in [0.29, 0.717) is 11.5 Å². The summed E-state index contributed by atoms with van der Waals surface area (Å²) < 4.78 is 47.2. The Kier molecular flexibility index (Phi) is 6.66. The second kappa shape index (κ2) is 9.23. The van der Waals surface area contributed by atoms with Crippen molar-refractivity contribution >= 4 is 21.9 Å². The number of hydrogen-bond acceptors (Lipinski definition) is 8. The Morgan fingerprint density at radius 2 is 1.87 bits per heavy atom. The molecule has 1 aliphatic heterocycles. The average molecular weight is 450 g/mol. The highest BCUT2D eigenvalue weighted by Crippen LogP contribution is 2.32. The first kappa shape index (κ1) is 22.4. The zero-order valence-corrected chi connectivity index (χ0v) is 17.9. The molecule has 3 rings (SSSR count). The summed E-state index contributed by atoms with van der Waals surface area (Å²) in [6.45, 7) is 1.77. The van der Waals surface area contributed by atoms with Gasteiger partial charge in [-0.05, 0) is 49.9 Å². The van der Waals surface area contributed by atoms with Gasteiger partial charge in [0.2, 0.25) is 16.8 Å². The third-order valence-electron chi connectivity index (χ3n) is 4.51. The van der Waals surface area contributed by atoms with Gasteiger partial charge in [-0.1, -0.05) is 6.07 Å². The standard InChI is InChI=1S/C20H22N2O8S/c1-12(19(23)22-10-13-4-6-15-17(8-13)29-11-28-15)30-20(24)14-5-7-16(27-3)18(9-14)31(25,26)21-2/h4-9,12,21H,10-11H2,1-3H3,(H,22,23). The summed E-state index contributed by atoms with van der Waals surface area (Å²) in [5.74, 6) is -0.0569. The van der Waals surface area contributed by atoms with E-state index in [2.05, 4.69) is 10.0 Å². The van der Waals surface area contributed by atoms with Crippen molar-refractivity contribution in [3.8, 4) is 17.2 Å². The molecule has 1 amide bonds. The first-order chi connectivity index (χ1) is 14.7. The molecular formula is C20H22N2O8S. The van der Waals surface area contributed by atoms with Gasteiger partial charge in [0, 0.05) is 6.54 Å². The molecule has 1 aliphatic rings. The number of amides is 1. The molecule has 0 aromatic heterocycles. The van der Waals surface area contributed by atoms with Crippen LogP contribution in [-0.4, -0.2) is 47.3 Å². The average Bonchev–Trinajstić information content (AvgIpc) is 3.24. The highest BCUT2D eigenvalue weighted by molar-refractivity contribution is 7.89. The number of ether oxygens (including phenoxy) is 4. The van der Waals surface area contributed by atoms with Crippen LogP contribution in [0.25, 0.3) is 0 Å². The number of nitrogens with one attached hydrogen (secondary N) is 2. The minimum atomic E-state index is -3.87. The molecule has 0 aliphatic carbocycles. The monoisotopic (exact) mass is 450 g/mol. The fourth-order valence-corrected chi connectivity index (χ4v) is 3.71. The van der Waals surface area contributed by atoms with Crippen LogP contribution >= 0.6 is 0 Å². The van der Waals surface area contributed by atoms with Crippen LogP contribution < -0.4 is 24.2 Å². The fourth-order valence-electron chi connectivity index (χ4n) is 2.79. The summed E-state index contributed by atoms with van der Waals surface area (Å²) in [4.78, 5) is 24.5. The molecule has 10 nitrogen and oxygen atoms in total. The molecule has 2 N–H and O–H groups in total. The third kappa shape index (κ3) is 5.06. The molecule has 1 atom stereocenters. The van der Waals surface area contributed by atoms with Gasteiger partial charge in [-0.2, -0.15) is 0 Å². The molecule has 1 heterocycles. The van der Waals surface area contributed by atoms with Crippen LogP contribution in [0.5, 0.6) is 17.2 Å². The fraction of sp³-hybridized carbons (Fsp3) is 0.300. The van der Waals surface area contributed by atoms with Gasteiger partial charge in [0.05, 0.1) is 12.7 Å². The summed E-state index contributed by atoms with van der Waals surface area (Å²) in [5, 5.41) is 2.67. The Hall–Kier alpha value is -3.31. The predicted molar refractivity (Wildman–Crippen MR) is 109 cm³/mol. The lowest BCUT2D eigenvalue weighted by Gasteiger charge is -2.15. The summed E-state index contributed by atoms with van der Waals surface area (Å²) in [7, 11) is -1.31. The number of carbonyl (C=O) groups excluding carboxylic acids is 2. The molecule has 1 unspecified atom stereocenters. The summed E-state index contributed by atoms with van der Waals surface area (Å²) in [5.41, 5.74) is 0.748. The first-order valence-electron chi connectivity index (χ1n) is 9.24.